The van der Waals surface area contributed by atoms with Crippen LogP contribution < -0.4 is 0 Å². The number of hydrogen-bond acceptors (Lipinski definition) is 4. The molecule has 0 amide bonds. The van der Waals surface area contributed by atoms with Crippen molar-refractivity contribution in [1.82, 2.24) is 0 Å². The van der Waals surface area contributed by atoms with Crippen LogP contribution in [0.4, 0.5) is 0 Å². The predicted octanol–water partition coefficient (Wildman–Crippen LogP) is 1.84. The first-order valence-corrected chi connectivity index (χ1v) is 9.58. The molecule has 0 aliphatic rings. The van der Waals surface area contributed by atoms with Gasteiger partial charge in [-0.05, 0) is 30.6 Å². The fraction of sp³-hybridized carbons (Fsp3) is 1.00. The van der Waals surface area contributed by atoms with E-state index in [1.165, 1.54) is 0 Å². The molecule has 3 unspecified atom stereocenters. The zero-order valence-electron chi connectivity index (χ0n) is 11.6. The normalized spacial score (nSPS) is 17.9. The van der Waals surface area contributed by atoms with Crippen LogP contribution in [-0.2, 0) is 20.2 Å². The summed E-state index contributed by atoms with van der Waals surface area (Å²) in [7, 11) is -8.00. The van der Waals surface area contributed by atoms with Crippen LogP contribution in [0, 0.1) is 17.8 Å². The maximum atomic E-state index is 10.8. The highest BCUT2D eigenvalue weighted by Gasteiger charge is 2.25. The van der Waals surface area contributed by atoms with Crippen LogP contribution in [0.2, 0.25) is 0 Å². The highest BCUT2D eigenvalue weighted by atomic mass is 32.2. The van der Waals surface area contributed by atoms with Crippen LogP contribution in [0.25, 0.3) is 0 Å². The Morgan fingerprint density at radius 2 is 1.26 bits per heavy atom. The van der Waals surface area contributed by atoms with E-state index in [2.05, 4.69) is 0 Å². The Hall–Kier alpha value is -0.180. The first-order chi connectivity index (χ1) is 8.46. The Balaban J connectivity index is 4.65. The molecule has 0 aromatic carbocycles. The lowest BCUT2D eigenvalue weighted by Gasteiger charge is -2.28. The van der Waals surface area contributed by atoms with Gasteiger partial charge in [-0.2, -0.15) is 16.8 Å². The van der Waals surface area contributed by atoms with E-state index in [4.69, 9.17) is 9.11 Å². The summed E-state index contributed by atoms with van der Waals surface area (Å²) >= 11 is 0. The van der Waals surface area contributed by atoms with Gasteiger partial charge in [-0.15, -0.1) is 0 Å². The Kier molecular flexibility index (Phi) is 7.49. The molecule has 8 heteroatoms. The van der Waals surface area contributed by atoms with E-state index in [9.17, 15) is 16.8 Å². The van der Waals surface area contributed by atoms with Crippen molar-refractivity contribution < 1.29 is 25.9 Å². The van der Waals surface area contributed by atoms with Crippen molar-refractivity contribution in [2.45, 2.75) is 40.0 Å². The summed E-state index contributed by atoms with van der Waals surface area (Å²) in [6.45, 7) is 5.78. The Labute approximate surface area is 116 Å². The molecule has 19 heavy (non-hydrogen) atoms. The summed E-state index contributed by atoms with van der Waals surface area (Å²) in [6, 6.07) is 0. The van der Waals surface area contributed by atoms with Crippen molar-refractivity contribution in [2.75, 3.05) is 11.5 Å². The van der Waals surface area contributed by atoms with Gasteiger partial charge < -0.3 is 0 Å². The third-order valence-electron chi connectivity index (χ3n) is 3.65. The van der Waals surface area contributed by atoms with Crippen LogP contribution in [-0.4, -0.2) is 37.4 Å². The predicted molar refractivity (Wildman–Crippen MR) is 74.2 cm³/mol. The molecule has 3 atom stereocenters. The van der Waals surface area contributed by atoms with Crippen LogP contribution in [0.1, 0.15) is 40.0 Å². The van der Waals surface area contributed by atoms with E-state index in [1.54, 1.807) is 0 Å². The molecule has 116 valence electrons. The third-order valence-corrected chi connectivity index (χ3v) is 5.15. The van der Waals surface area contributed by atoms with Crippen molar-refractivity contribution >= 4 is 20.2 Å². The van der Waals surface area contributed by atoms with Crippen molar-refractivity contribution in [3.8, 4) is 0 Å². The second-order valence-corrected chi connectivity index (χ2v) is 8.32. The van der Waals surface area contributed by atoms with E-state index >= 15 is 0 Å². The number of rotatable bonds is 9. The second-order valence-electron chi connectivity index (χ2n) is 5.18. The first kappa shape index (κ1) is 18.8. The van der Waals surface area contributed by atoms with Gasteiger partial charge in [-0.3, -0.25) is 9.11 Å². The Bertz CT molecular complexity index is 454. The molecular weight excluding hydrogens is 292 g/mol. The van der Waals surface area contributed by atoms with Gasteiger partial charge in [-0.25, -0.2) is 0 Å². The SMILES string of the molecule is CCC(C)C(CCS(=O)(=O)O)C(C)CCS(=O)(=O)O. The van der Waals surface area contributed by atoms with Gasteiger partial charge in [0.25, 0.3) is 20.2 Å². The van der Waals surface area contributed by atoms with Crippen molar-refractivity contribution in [2.24, 2.45) is 17.8 Å². The number of hydrogen-bond donors (Lipinski definition) is 2. The van der Waals surface area contributed by atoms with Gasteiger partial charge >= 0.3 is 0 Å². The van der Waals surface area contributed by atoms with Crippen LogP contribution in [0.3, 0.4) is 0 Å². The summed E-state index contributed by atoms with van der Waals surface area (Å²) in [6.07, 6.45) is 1.41. The highest BCUT2D eigenvalue weighted by molar-refractivity contribution is 7.86. The minimum Gasteiger partial charge on any atom is -0.286 e. The molecule has 0 saturated heterocycles. The fourth-order valence-corrected chi connectivity index (χ4v) is 3.51. The van der Waals surface area contributed by atoms with Crippen molar-refractivity contribution in [3.63, 3.8) is 0 Å². The minimum atomic E-state index is -4.01. The van der Waals surface area contributed by atoms with Gasteiger partial charge in [0.05, 0.1) is 11.5 Å². The topological polar surface area (TPSA) is 109 Å². The average Bonchev–Trinajstić information content (AvgIpc) is 2.23. The van der Waals surface area contributed by atoms with Gasteiger partial charge in [0, 0.05) is 0 Å². The molecule has 0 radical (unpaired) electrons. The molecule has 0 fully saturated rings. The highest BCUT2D eigenvalue weighted by Crippen LogP contribution is 2.29. The van der Waals surface area contributed by atoms with Gasteiger partial charge in [0.2, 0.25) is 0 Å². The van der Waals surface area contributed by atoms with E-state index < -0.39 is 20.2 Å². The van der Waals surface area contributed by atoms with Crippen LogP contribution in [0.5, 0.6) is 0 Å². The zero-order valence-corrected chi connectivity index (χ0v) is 13.2. The average molecular weight is 316 g/mol. The molecule has 0 rings (SSSR count). The molecule has 0 aliphatic carbocycles. The summed E-state index contributed by atoms with van der Waals surface area (Å²) < 4.78 is 60.6. The summed E-state index contributed by atoms with van der Waals surface area (Å²) in [5, 5.41) is 0. The molecule has 6 nitrogen and oxygen atoms in total. The molecule has 0 aromatic heterocycles. The summed E-state index contributed by atoms with van der Waals surface area (Å²) in [5.74, 6) is -0.476. The van der Waals surface area contributed by atoms with E-state index in [1.807, 2.05) is 20.8 Å². The molecule has 0 aliphatic heterocycles. The van der Waals surface area contributed by atoms with Crippen molar-refractivity contribution in [3.05, 3.63) is 0 Å². The third kappa shape index (κ3) is 9.37. The van der Waals surface area contributed by atoms with Gasteiger partial charge in [-0.1, -0.05) is 27.2 Å². The molecule has 0 heterocycles. The zero-order chi connectivity index (χ0) is 15.3. The molecule has 0 spiro atoms. The quantitative estimate of drug-likeness (QED) is 0.628. The van der Waals surface area contributed by atoms with Gasteiger partial charge in [0.15, 0.2) is 0 Å². The first-order valence-electron chi connectivity index (χ1n) is 6.36. The molecule has 0 aromatic rings. The Morgan fingerprint density at radius 1 is 0.842 bits per heavy atom. The van der Waals surface area contributed by atoms with Crippen molar-refractivity contribution in [1.29, 1.82) is 0 Å². The lowest BCUT2D eigenvalue weighted by Crippen LogP contribution is -2.24. The molecule has 0 saturated carbocycles. The Morgan fingerprint density at radius 3 is 1.63 bits per heavy atom. The largest absolute Gasteiger partial charge is 0.286 e. The second kappa shape index (κ2) is 7.56. The monoisotopic (exact) mass is 316 g/mol. The molecular formula is C11H24O6S2. The lowest BCUT2D eigenvalue weighted by atomic mass is 9.79. The summed E-state index contributed by atoms with van der Waals surface area (Å²) in [5.41, 5.74) is 0. The van der Waals surface area contributed by atoms with E-state index in [0.717, 1.165) is 6.42 Å². The van der Waals surface area contributed by atoms with E-state index in [0.29, 0.717) is 6.42 Å². The maximum absolute atomic E-state index is 10.8. The minimum absolute atomic E-state index is 0.00586. The van der Waals surface area contributed by atoms with E-state index in [-0.39, 0.29) is 35.7 Å². The summed E-state index contributed by atoms with van der Waals surface area (Å²) in [4.78, 5) is 0. The van der Waals surface area contributed by atoms with Gasteiger partial charge in [0.1, 0.15) is 0 Å². The standard InChI is InChI=1S/C11H24O6S2/c1-4-9(2)11(6-8-19(15,16)17)10(3)5-7-18(12,13)14/h9-11H,4-8H2,1-3H3,(H,12,13,14)(H,15,16,17). The fourth-order valence-electron chi connectivity index (χ4n) is 2.27. The molecule has 0 bridgehead atoms. The smallest absolute Gasteiger partial charge is 0.264 e. The lowest BCUT2D eigenvalue weighted by molar-refractivity contribution is 0.235. The van der Waals surface area contributed by atoms with Crippen LogP contribution >= 0.6 is 0 Å². The molecule has 2 N–H and O–H groups in total. The van der Waals surface area contributed by atoms with Crippen LogP contribution in [0.15, 0.2) is 0 Å². The maximum Gasteiger partial charge on any atom is 0.264 e.